The number of nitrogens with one attached hydrogen (secondary N) is 2. The molecule has 162 valence electrons. The summed E-state index contributed by atoms with van der Waals surface area (Å²) >= 11 is 0. The van der Waals surface area contributed by atoms with Gasteiger partial charge >= 0.3 is 0 Å². The number of fused-ring (bicyclic) bond motifs is 2. The van der Waals surface area contributed by atoms with Gasteiger partial charge in [0.05, 0.1) is 28.6 Å². The summed E-state index contributed by atoms with van der Waals surface area (Å²) in [6, 6.07) is 5.93. The molecule has 0 bridgehead atoms. The average molecular weight is 429 g/mol. The van der Waals surface area contributed by atoms with Gasteiger partial charge in [-0.3, -0.25) is 5.10 Å². The Balaban J connectivity index is 1.45. The second-order valence-electron chi connectivity index (χ2n) is 8.32. The number of aryl methyl sites for hydroxylation is 1. The van der Waals surface area contributed by atoms with E-state index >= 15 is 0 Å². The highest BCUT2D eigenvalue weighted by Gasteiger charge is 2.21. The summed E-state index contributed by atoms with van der Waals surface area (Å²) in [5.74, 6) is 2.54. The summed E-state index contributed by atoms with van der Waals surface area (Å²) in [7, 11) is 4.14. The molecule has 2 N–H and O–H groups in total. The molecule has 1 aliphatic rings. The smallest absolute Gasteiger partial charge is 0.161 e. The third kappa shape index (κ3) is 2.94. The Kier molecular flexibility index (Phi) is 4.22. The first-order chi connectivity index (χ1) is 15.6. The monoisotopic (exact) mass is 428 g/mol. The average Bonchev–Trinajstić information content (AvgIpc) is 3.50. The van der Waals surface area contributed by atoms with Gasteiger partial charge in [-0.2, -0.15) is 5.10 Å². The van der Waals surface area contributed by atoms with Crippen molar-refractivity contribution < 1.29 is 0 Å². The van der Waals surface area contributed by atoms with Gasteiger partial charge in [-0.05, 0) is 32.2 Å². The standard InChI is InChI=1S/C22H24N10/c1-13-24-12-17(31(13)3)14-4-5-16-18(25-14)20(29-28-16)21-26-15-6-7-23-22(19(15)27-21)32-10-8-30(2)9-11-32/h4-7,12H,8-11H2,1-3H3,(H,26,27)(H,28,29). The molecule has 32 heavy (non-hydrogen) atoms. The number of rotatable bonds is 3. The molecule has 10 heteroatoms. The Morgan fingerprint density at radius 3 is 2.53 bits per heavy atom. The fourth-order valence-corrected chi connectivity index (χ4v) is 4.23. The molecule has 1 aliphatic heterocycles. The topological polar surface area (TPSA) is 107 Å². The summed E-state index contributed by atoms with van der Waals surface area (Å²) in [6.45, 7) is 5.88. The van der Waals surface area contributed by atoms with E-state index in [-0.39, 0.29) is 0 Å². The number of nitrogens with zero attached hydrogens (tertiary/aromatic N) is 8. The fraction of sp³-hybridized carbons (Fsp3) is 0.318. The van der Waals surface area contributed by atoms with E-state index in [1.54, 1.807) is 0 Å². The van der Waals surface area contributed by atoms with Crippen molar-refractivity contribution >= 4 is 27.9 Å². The van der Waals surface area contributed by atoms with Gasteiger partial charge in [-0.25, -0.2) is 19.9 Å². The normalized spacial score (nSPS) is 15.3. The highest BCUT2D eigenvalue weighted by molar-refractivity contribution is 5.93. The molecule has 5 aromatic heterocycles. The lowest BCUT2D eigenvalue weighted by molar-refractivity contribution is 0.312. The Hall–Kier alpha value is -3.79. The number of hydrogen-bond donors (Lipinski definition) is 2. The number of aromatic amines is 2. The van der Waals surface area contributed by atoms with E-state index in [0.717, 1.165) is 71.3 Å². The molecule has 6 heterocycles. The van der Waals surface area contributed by atoms with Gasteiger partial charge in [-0.1, -0.05) is 0 Å². The van der Waals surface area contributed by atoms with Crippen molar-refractivity contribution in [2.45, 2.75) is 6.92 Å². The number of anilines is 1. The van der Waals surface area contributed by atoms with Crippen LogP contribution in [0.1, 0.15) is 5.82 Å². The van der Waals surface area contributed by atoms with Crippen LogP contribution in [0.2, 0.25) is 0 Å². The summed E-state index contributed by atoms with van der Waals surface area (Å²) in [4.78, 5) is 26.9. The van der Waals surface area contributed by atoms with Crippen molar-refractivity contribution in [3.05, 3.63) is 36.4 Å². The molecule has 0 aromatic carbocycles. The minimum absolute atomic E-state index is 0.681. The molecular formula is C22H24N10. The first-order valence-corrected chi connectivity index (χ1v) is 10.7. The van der Waals surface area contributed by atoms with Crippen LogP contribution >= 0.6 is 0 Å². The second kappa shape index (κ2) is 7.13. The maximum absolute atomic E-state index is 4.91. The highest BCUT2D eigenvalue weighted by Crippen LogP contribution is 2.30. The van der Waals surface area contributed by atoms with E-state index in [2.05, 4.69) is 42.0 Å². The molecule has 1 saturated heterocycles. The zero-order chi connectivity index (χ0) is 21.8. The minimum Gasteiger partial charge on any atom is -0.352 e. The van der Waals surface area contributed by atoms with Crippen molar-refractivity contribution in [1.29, 1.82) is 0 Å². The molecule has 0 saturated carbocycles. The van der Waals surface area contributed by atoms with Crippen LogP contribution in [-0.4, -0.2) is 77.8 Å². The van der Waals surface area contributed by atoms with Crippen LogP contribution < -0.4 is 4.90 Å². The van der Waals surface area contributed by atoms with Crippen molar-refractivity contribution in [2.75, 3.05) is 38.1 Å². The van der Waals surface area contributed by atoms with E-state index in [9.17, 15) is 0 Å². The van der Waals surface area contributed by atoms with E-state index in [1.165, 1.54) is 0 Å². The lowest BCUT2D eigenvalue weighted by atomic mass is 10.2. The van der Waals surface area contributed by atoms with Crippen LogP contribution in [0.5, 0.6) is 0 Å². The van der Waals surface area contributed by atoms with Crippen LogP contribution in [-0.2, 0) is 7.05 Å². The highest BCUT2D eigenvalue weighted by atomic mass is 15.3. The third-order valence-corrected chi connectivity index (χ3v) is 6.30. The van der Waals surface area contributed by atoms with E-state index < -0.39 is 0 Å². The van der Waals surface area contributed by atoms with Gasteiger partial charge in [0.1, 0.15) is 16.9 Å². The van der Waals surface area contributed by atoms with Gasteiger partial charge < -0.3 is 19.4 Å². The molecule has 0 spiro atoms. The lowest BCUT2D eigenvalue weighted by Gasteiger charge is -2.33. The first-order valence-electron chi connectivity index (χ1n) is 10.7. The van der Waals surface area contributed by atoms with Crippen molar-refractivity contribution in [2.24, 2.45) is 7.05 Å². The number of likely N-dealkylation sites (N-methyl/N-ethyl adjacent to an activating group) is 1. The van der Waals surface area contributed by atoms with Crippen LogP contribution in [0.4, 0.5) is 5.82 Å². The zero-order valence-corrected chi connectivity index (χ0v) is 18.3. The van der Waals surface area contributed by atoms with Gasteiger partial charge in [0, 0.05) is 39.4 Å². The molecule has 10 nitrogen and oxygen atoms in total. The summed E-state index contributed by atoms with van der Waals surface area (Å²) in [5.41, 5.74) is 5.94. The number of hydrogen-bond acceptors (Lipinski definition) is 7. The van der Waals surface area contributed by atoms with Crippen molar-refractivity contribution in [3.8, 4) is 22.9 Å². The largest absolute Gasteiger partial charge is 0.352 e. The summed E-state index contributed by atoms with van der Waals surface area (Å²) in [6.07, 6.45) is 3.68. The van der Waals surface area contributed by atoms with Crippen LogP contribution in [0, 0.1) is 6.92 Å². The molecule has 5 aromatic rings. The quantitative estimate of drug-likeness (QED) is 0.454. The Bertz CT molecular complexity index is 1430. The fourth-order valence-electron chi connectivity index (χ4n) is 4.23. The summed E-state index contributed by atoms with van der Waals surface area (Å²) < 4.78 is 2.03. The molecule has 6 rings (SSSR count). The molecule has 0 unspecified atom stereocenters. The molecule has 0 radical (unpaired) electrons. The molecule has 1 fully saturated rings. The van der Waals surface area contributed by atoms with E-state index in [0.29, 0.717) is 11.5 Å². The van der Waals surface area contributed by atoms with Crippen molar-refractivity contribution in [3.63, 3.8) is 0 Å². The van der Waals surface area contributed by atoms with Gasteiger partial charge in [-0.15, -0.1) is 0 Å². The van der Waals surface area contributed by atoms with E-state index in [4.69, 9.17) is 9.97 Å². The summed E-state index contributed by atoms with van der Waals surface area (Å²) in [5, 5.41) is 7.62. The minimum atomic E-state index is 0.681. The van der Waals surface area contributed by atoms with Crippen LogP contribution in [0.15, 0.2) is 30.6 Å². The maximum Gasteiger partial charge on any atom is 0.161 e. The number of imidazole rings is 2. The van der Waals surface area contributed by atoms with Crippen LogP contribution in [0.3, 0.4) is 0 Å². The zero-order valence-electron chi connectivity index (χ0n) is 18.3. The molecule has 0 amide bonds. The lowest BCUT2D eigenvalue weighted by Crippen LogP contribution is -2.44. The molecular weight excluding hydrogens is 404 g/mol. The number of aromatic nitrogens is 8. The molecule has 0 aliphatic carbocycles. The van der Waals surface area contributed by atoms with Crippen molar-refractivity contribution in [1.82, 2.24) is 44.6 Å². The van der Waals surface area contributed by atoms with Gasteiger partial charge in [0.25, 0.3) is 0 Å². The third-order valence-electron chi connectivity index (χ3n) is 6.30. The SMILES string of the molecule is Cc1ncc(-c2ccc3[nH]nc(-c4nc5c(N6CCN(C)CC6)nccc5[nH]4)c3n2)n1C. The van der Waals surface area contributed by atoms with Crippen LogP contribution in [0.25, 0.3) is 45.0 Å². The van der Waals surface area contributed by atoms with E-state index in [1.807, 2.05) is 49.1 Å². The Morgan fingerprint density at radius 2 is 1.75 bits per heavy atom. The van der Waals surface area contributed by atoms with Gasteiger partial charge in [0.15, 0.2) is 17.3 Å². The Morgan fingerprint density at radius 1 is 0.906 bits per heavy atom. The first kappa shape index (κ1) is 18.9. The number of piperazine rings is 1. The predicted octanol–water partition coefficient (Wildman–Crippen LogP) is 2.36. The number of H-pyrrole nitrogens is 2. The predicted molar refractivity (Wildman–Crippen MR) is 123 cm³/mol. The number of pyridine rings is 2. The maximum atomic E-state index is 4.91. The second-order valence-corrected chi connectivity index (χ2v) is 8.32. The Labute approximate surface area is 184 Å². The van der Waals surface area contributed by atoms with Gasteiger partial charge in [0.2, 0.25) is 0 Å². The molecule has 0 atom stereocenters.